The third kappa shape index (κ3) is 4.14. The Balaban J connectivity index is 1.94. The number of rotatable bonds is 7. The van der Waals surface area contributed by atoms with E-state index in [9.17, 15) is 4.39 Å². The molecule has 21 heavy (non-hydrogen) atoms. The van der Waals surface area contributed by atoms with Crippen LogP contribution in [-0.4, -0.2) is 9.78 Å². The van der Waals surface area contributed by atoms with Crippen LogP contribution in [-0.2, 0) is 6.54 Å². The van der Waals surface area contributed by atoms with Crippen molar-refractivity contribution >= 4 is 0 Å². The summed E-state index contributed by atoms with van der Waals surface area (Å²) >= 11 is 0. The van der Waals surface area contributed by atoms with Crippen molar-refractivity contribution in [2.24, 2.45) is 0 Å². The van der Waals surface area contributed by atoms with E-state index in [1.807, 2.05) is 29.9 Å². The Kier molecular flexibility index (Phi) is 5.51. The summed E-state index contributed by atoms with van der Waals surface area (Å²) in [4.78, 5) is 0. The minimum absolute atomic E-state index is 0.0963. The zero-order chi connectivity index (χ0) is 15.2. The molecule has 0 aliphatic rings. The second-order valence-electron chi connectivity index (χ2n) is 5.42. The number of nitrogens with one attached hydrogen (secondary N) is 1. The Bertz CT molecular complexity index is 561. The molecular formula is C17H24FN3. The maximum absolute atomic E-state index is 13.2. The van der Waals surface area contributed by atoms with Crippen molar-refractivity contribution < 1.29 is 4.39 Å². The standard InChI is InChI=1S/C17H24FN3/c1-4-17(5-2)21-10-9-16(20-21)12-19-13(3)14-7-6-8-15(18)11-14/h6-11,13,17,19H,4-5,12H2,1-3H3. The Morgan fingerprint density at radius 2 is 2.00 bits per heavy atom. The molecule has 1 atom stereocenters. The van der Waals surface area contributed by atoms with Gasteiger partial charge in [-0.1, -0.05) is 26.0 Å². The van der Waals surface area contributed by atoms with Gasteiger partial charge in [-0.15, -0.1) is 0 Å². The van der Waals surface area contributed by atoms with Crippen molar-refractivity contribution in [1.82, 2.24) is 15.1 Å². The monoisotopic (exact) mass is 289 g/mol. The summed E-state index contributed by atoms with van der Waals surface area (Å²) in [7, 11) is 0. The third-order valence-electron chi connectivity index (χ3n) is 3.92. The summed E-state index contributed by atoms with van der Waals surface area (Å²) in [6.45, 7) is 7.08. The predicted molar refractivity (Wildman–Crippen MR) is 83.5 cm³/mol. The molecule has 0 aliphatic carbocycles. The smallest absolute Gasteiger partial charge is 0.123 e. The van der Waals surface area contributed by atoms with E-state index in [0.717, 1.165) is 24.1 Å². The highest BCUT2D eigenvalue weighted by Gasteiger charge is 2.09. The molecular weight excluding hydrogens is 265 g/mol. The molecule has 4 heteroatoms. The lowest BCUT2D eigenvalue weighted by molar-refractivity contribution is 0.423. The molecule has 0 fully saturated rings. The minimum atomic E-state index is -0.195. The number of halogens is 1. The number of hydrogen-bond donors (Lipinski definition) is 1. The van der Waals surface area contributed by atoms with Crippen molar-refractivity contribution in [1.29, 1.82) is 0 Å². The Morgan fingerprint density at radius 1 is 1.24 bits per heavy atom. The molecule has 0 radical (unpaired) electrons. The van der Waals surface area contributed by atoms with E-state index in [-0.39, 0.29) is 11.9 Å². The molecule has 114 valence electrons. The van der Waals surface area contributed by atoms with E-state index in [4.69, 9.17) is 0 Å². The Hall–Kier alpha value is -1.68. The zero-order valence-electron chi connectivity index (χ0n) is 13.0. The van der Waals surface area contributed by atoms with Crippen LogP contribution in [0.25, 0.3) is 0 Å². The SMILES string of the molecule is CCC(CC)n1ccc(CNC(C)c2cccc(F)c2)n1. The van der Waals surface area contributed by atoms with Crippen molar-refractivity contribution in [3.8, 4) is 0 Å². The van der Waals surface area contributed by atoms with Gasteiger partial charge in [0.15, 0.2) is 0 Å². The van der Waals surface area contributed by atoms with E-state index in [1.165, 1.54) is 6.07 Å². The van der Waals surface area contributed by atoms with E-state index < -0.39 is 0 Å². The first-order valence-corrected chi connectivity index (χ1v) is 7.66. The Morgan fingerprint density at radius 3 is 2.67 bits per heavy atom. The van der Waals surface area contributed by atoms with E-state index in [0.29, 0.717) is 12.6 Å². The van der Waals surface area contributed by atoms with Gasteiger partial charge in [0.25, 0.3) is 0 Å². The molecule has 1 N–H and O–H groups in total. The molecule has 2 aromatic rings. The summed E-state index contributed by atoms with van der Waals surface area (Å²) in [5.74, 6) is -0.195. The van der Waals surface area contributed by atoms with Crippen LogP contribution in [0.5, 0.6) is 0 Å². The van der Waals surface area contributed by atoms with Gasteiger partial charge in [-0.3, -0.25) is 4.68 Å². The molecule has 3 nitrogen and oxygen atoms in total. The van der Waals surface area contributed by atoms with Crippen LogP contribution in [0.3, 0.4) is 0 Å². The lowest BCUT2D eigenvalue weighted by atomic mass is 10.1. The average molecular weight is 289 g/mol. The maximum Gasteiger partial charge on any atom is 0.123 e. The van der Waals surface area contributed by atoms with Gasteiger partial charge in [0.1, 0.15) is 5.82 Å². The molecule has 1 aromatic carbocycles. The first-order valence-electron chi connectivity index (χ1n) is 7.66. The van der Waals surface area contributed by atoms with Crippen LogP contribution >= 0.6 is 0 Å². The van der Waals surface area contributed by atoms with Gasteiger partial charge in [-0.2, -0.15) is 5.10 Å². The van der Waals surface area contributed by atoms with Crippen molar-refractivity contribution in [3.63, 3.8) is 0 Å². The largest absolute Gasteiger partial charge is 0.304 e. The van der Waals surface area contributed by atoms with Gasteiger partial charge >= 0.3 is 0 Å². The molecule has 0 aliphatic heterocycles. The van der Waals surface area contributed by atoms with Crippen LogP contribution in [0.1, 0.15) is 57.0 Å². The molecule has 0 saturated heterocycles. The van der Waals surface area contributed by atoms with Crippen molar-refractivity contribution in [2.75, 3.05) is 0 Å². The second kappa shape index (κ2) is 7.36. The molecule has 0 saturated carbocycles. The normalized spacial score (nSPS) is 12.8. The highest BCUT2D eigenvalue weighted by molar-refractivity contribution is 5.19. The molecule has 0 amide bonds. The van der Waals surface area contributed by atoms with E-state index >= 15 is 0 Å². The molecule has 1 aromatic heterocycles. The van der Waals surface area contributed by atoms with E-state index in [2.05, 4.69) is 24.3 Å². The zero-order valence-corrected chi connectivity index (χ0v) is 13.0. The highest BCUT2D eigenvalue weighted by atomic mass is 19.1. The van der Waals surface area contributed by atoms with Crippen LogP contribution in [0.4, 0.5) is 4.39 Å². The van der Waals surface area contributed by atoms with Crippen LogP contribution in [0, 0.1) is 5.82 Å². The fraction of sp³-hybridized carbons (Fsp3) is 0.471. The summed E-state index contributed by atoms with van der Waals surface area (Å²) in [5, 5.41) is 8.00. The van der Waals surface area contributed by atoms with Gasteiger partial charge < -0.3 is 5.32 Å². The fourth-order valence-corrected chi connectivity index (χ4v) is 2.49. The van der Waals surface area contributed by atoms with E-state index in [1.54, 1.807) is 12.1 Å². The minimum Gasteiger partial charge on any atom is -0.304 e. The number of nitrogens with zero attached hydrogens (tertiary/aromatic N) is 2. The summed E-state index contributed by atoms with van der Waals surface area (Å²) in [6, 6.07) is 9.32. The average Bonchev–Trinajstić information content (AvgIpc) is 2.95. The Labute approximate surface area is 126 Å². The molecule has 0 bridgehead atoms. The first-order chi connectivity index (χ1) is 10.1. The lowest BCUT2D eigenvalue weighted by Crippen LogP contribution is -2.19. The fourth-order valence-electron chi connectivity index (χ4n) is 2.49. The molecule has 0 spiro atoms. The van der Waals surface area contributed by atoms with Gasteiger partial charge in [-0.25, -0.2) is 4.39 Å². The molecule has 1 unspecified atom stereocenters. The quantitative estimate of drug-likeness (QED) is 0.826. The van der Waals surface area contributed by atoms with Gasteiger partial charge in [0, 0.05) is 18.8 Å². The van der Waals surface area contributed by atoms with Gasteiger partial charge in [-0.05, 0) is 43.5 Å². The maximum atomic E-state index is 13.2. The lowest BCUT2D eigenvalue weighted by Gasteiger charge is -2.14. The predicted octanol–water partition coefficient (Wildman–Crippen LogP) is 4.23. The number of benzene rings is 1. The topological polar surface area (TPSA) is 29.9 Å². The van der Waals surface area contributed by atoms with Crippen molar-refractivity contribution in [3.05, 3.63) is 53.6 Å². The molecule has 1 heterocycles. The highest BCUT2D eigenvalue weighted by Crippen LogP contribution is 2.16. The summed E-state index contributed by atoms with van der Waals surface area (Å²) in [6.07, 6.45) is 4.22. The van der Waals surface area contributed by atoms with Crippen LogP contribution in [0.2, 0.25) is 0 Å². The van der Waals surface area contributed by atoms with Crippen LogP contribution < -0.4 is 5.32 Å². The van der Waals surface area contributed by atoms with Gasteiger partial charge in [0.05, 0.1) is 11.7 Å². The summed E-state index contributed by atoms with van der Waals surface area (Å²) in [5.41, 5.74) is 1.97. The van der Waals surface area contributed by atoms with Gasteiger partial charge in [0.2, 0.25) is 0 Å². The molecule has 2 rings (SSSR count). The second-order valence-corrected chi connectivity index (χ2v) is 5.42. The number of aromatic nitrogens is 2. The number of hydrogen-bond acceptors (Lipinski definition) is 2. The first kappa shape index (κ1) is 15.7. The van der Waals surface area contributed by atoms with Crippen molar-refractivity contribution in [2.45, 2.75) is 52.2 Å². The van der Waals surface area contributed by atoms with Crippen LogP contribution in [0.15, 0.2) is 36.5 Å². The summed E-state index contributed by atoms with van der Waals surface area (Å²) < 4.78 is 15.3. The third-order valence-corrected chi connectivity index (χ3v) is 3.92.